The van der Waals surface area contributed by atoms with E-state index in [1.165, 1.54) is 4.80 Å². The van der Waals surface area contributed by atoms with Crippen LogP contribution in [0.25, 0.3) is 11.2 Å². The van der Waals surface area contributed by atoms with Crippen LogP contribution in [0, 0.1) is 17.5 Å². The lowest BCUT2D eigenvalue weighted by Gasteiger charge is -2.04. The van der Waals surface area contributed by atoms with Gasteiger partial charge in [-0.3, -0.25) is 14.3 Å². The number of tetrazole rings is 1. The van der Waals surface area contributed by atoms with Crippen LogP contribution in [0.15, 0.2) is 21.7 Å². The van der Waals surface area contributed by atoms with E-state index in [1.807, 2.05) is 6.92 Å². The van der Waals surface area contributed by atoms with Crippen LogP contribution in [-0.4, -0.2) is 39.7 Å². The van der Waals surface area contributed by atoms with Crippen molar-refractivity contribution in [1.82, 2.24) is 39.7 Å². The van der Waals surface area contributed by atoms with Gasteiger partial charge in [0.1, 0.15) is 28.8 Å². The monoisotopic (exact) mass is 482 g/mol. The number of rotatable bonds is 8. The van der Waals surface area contributed by atoms with Crippen LogP contribution in [0.2, 0.25) is 0 Å². The molecule has 0 saturated carbocycles. The van der Waals surface area contributed by atoms with Crippen molar-refractivity contribution in [2.75, 3.05) is 0 Å². The summed E-state index contributed by atoms with van der Waals surface area (Å²) in [4.78, 5) is 35.8. The molecule has 3 aromatic heterocycles. The van der Waals surface area contributed by atoms with Gasteiger partial charge in [-0.15, -0.1) is 21.8 Å². The normalized spacial score (nSPS) is 12.5. The molecule has 0 aliphatic carbocycles. The summed E-state index contributed by atoms with van der Waals surface area (Å²) in [7, 11) is 0. The van der Waals surface area contributed by atoms with E-state index < -0.39 is 34.1 Å². The summed E-state index contributed by atoms with van der Waals surface area (Å²) in [5.41, 5.74) is -1.25. The highest BCUT2D eigenvalue weighted by Gasteiger charge is 2.17. The van der Waals surface area contributed by atoms with E-state index in [4.69, 9.17) is 11.6 Å². The third kappa shape index (κ3) is 4.67. The number of H-pyrrole nitrogens is 2. The summed E-state index contributed by atoms with van der Waals surface area (Å²) in [6, 6.07) is 1.15. The number of alkyl halides is 1. The first-order valence-corrected chi connectivity index (χ1v) is 10.5. The van der Waals surface area contributed by atoms with Crippen LogP contribution >= 0.6 is 11.6 Å². The Morgan fingerprint density at radius 1 is 1.12 bits per heavy atom. The van der Waals surface area contributed by atoms with Crippen LogP contribution in [0.3, 0.4) is 0 Å². The molecule has 174 valence electrons. The summed E-state index contributed by atoms with van der Waals surface area (Å²) in [5.74, 6) is -2.67. The summed E-state index contributed by atoms with van der Waals surface area (Å²) >= 11 is 6.15. The molecule has 1 atom stereocenters. The maximum Gasteiger partial charge on any atom is 0.330 e. The van der Waals surface area contributed by atoms with E-state index >= 15 is 0 Å². The first kappa shape index (κ1) is 22.7. The molecular formula is C19H18ClF3N8O2. The van der Waals surface area contributed by atoms with E-state index in [2.05, 4.69) is 30.4 Å². The lowest BCUT2D eigenvalue weighted by atomic mass is 10.1. The minimum atomic E-state index is -1.04. The summed E-state index contributed by atoms with van der Waals surface area (Å²) < 4.78 is 41.7. The molecule has 0 fully saturated rings. The van der Waals surface area contributed by atoms with Crippen LogP contribution in [0.4, 0.5) is 13.2 Å². The number of aromatic nitrogens is 8. The second kappa shape index (κ2) is 9.17. The number of fused-ring (bicyclic) bond motifs is 1. The molecule has 0 spiro atoms. The lowest BCUT2D eigenvalue weighted by molar-refractivity contribution is 0.460. The van der Waals surface area contributed by atoms with Gasteiger partial charge >= 0.3 is 5.69 Å². The molecule has 10 nitrogen and oxygen atoms in total. The second-order valence-corrected chi connectivity index (χ2v) is 7.82. The minimum Gasteiger partial charge on any atom is -0.335 e. The second-order valence-electron chi connectivity index (χ2n) is 7.29. The average Bonchev–Trinajstić information content (AvgIpc) is 3.39. The van der Waals surface area contributed by atoms with E-state index in [9.17, 15) is 22.8 Å². The fourth-order valence-corrected chi connectivity index (χ4v) is 3.39. The molecule has 1 aromatic carbocycles. The maximum atomic E-state index is 13.8. The molecule has 4 rings (SSSR count). The van der Waals surface area contributed by atoms with Crippen molar-refractivity contribution in [2.45, 2.75) is 44.7 Å². The van der Waals surface area contributed by atoms with Crippen molar-refractivity contribution in [2.24, 2.45) is 0 Å². The van der Waals surface area contributed by atoms with Crippen LogP contribution in [0.5, 0.6) is 0 Å². The number of nitrogens with zero attached hydrogens (tertiary/aromatic N) is 6. The third-order valence-electron chi connectivity index (χ3n) is 4.98. The number of aromatic amines is 2. The van der Waals surface area contributed by atoms with Gasteiger partial charge in [-0.05, 0) is 18.1 Å². The zero-order valence-electron chi connectivity index (χ0n) is 17.3. The van der Waals surface area contributed by atoms with Gasteiger partial charge in [0.05, 0.1) is 11.9 Å². The Hall–Kier alpha value is -3.48. The largest absolute Gasteiger partial charge is 0.335 e. The first-order valence-electron chi connectivity index (χ1n) is 10.0. The highest BCUT2D eigenvalue weighted by molar-refractivity contribution is 6.20. The maximum absolute atomic E-state index is 13.8. The summed E-state index contributed by atoms with van der Waals surface area (Å²) in [6.07, 6.45) is 0.569. The SMILES string of the molecule is CCC(Cl)c1nc2[nH]c(=O)n(CCCn3nnc(Cc4c(F)cc(F)cc4F)n3)c(=O)c2[nH]1. The van der Waals surface area contributed by atoms with Crippen LogP contribution < -0.4 is 11.2 Å². The molecular weight excluding hydrogens is 465 g/mol. The van der Waals surface area contributed by atoms with Gasteiger partial charge in [0, 0.05) is 30.7 Å². The fourth-order valence-electron chi connectivity index (χ4n) is 3.29. The Morgan fingerprint density at radius 2 is 1.85 bits per heavy atom. The first-order chi connectivity index (χ1) is 15.8. The summed E-state index contributed by atoms with van der Waals surface area (Å²) in [5, 5.41) is 11.2. The van der Waals surface area contributed by atoms with Crippen molar-refractivity contribution in [3.05, 3.63) is 67.6 Å². The average molecular weight is 483 g/mol. The fraction of sp³-hybridized carbons (Fsp3) is 0.368. The quantitative estimate of drug-likeness (QED) is 0.371. The highest BCUT2D eigenvalue weighted by Crippen LogP contribution is 2.21. The Balaban J connectivity index is 1.45. The molecule has 1 unspecified atom stereocenters. The van der Waals surface area contributed by atoms with Crippen LogP contribution in [0.1, 0.15) is 42.4 Å². The molecule has 0 saturated heterocycles. The van der Waals surface area contributed by atoms with E-state index in [0.717, 1.165) is 4.57 Å². The number of hydrogen-bond acceptors (Lipinski definition) is 6. The Bertz CT molecular complexity index is 1400. The molecule has 2 N–H and O–H groups in total. The Morgan fingerprint density at radius 3 is 2.55 bits per heavy atom. The van der Waals surface area contributed by atoms with E-state index in [1.54, 1.807) is 0 Å². The molecule has 3 heterocycles. The number of benzene rings is 1. The van der Waals surface area contributed by atoms with Crippen molar-refractivity contribution in [1.29, 1.82) is 0 Å². The number of aryl methyl sites for hydroxylation is 1. The van der Waals surface area contributed by atoms with Crippen molar-refractivity contribution in [3.8, 4) is 0 Å². The number of imidazole rings is 1. The smallest absolute Gasteiger partial charge is 0.330 e. The van der Waals surface area contributed by atoms with E-state index in [0.29, 0.717) is 24.4 Å². The van der Waals surface area contributed by atoms with Gasteiger partial charge in [0.15, 0.2) is 11.5 Å². The topological polar surface area (TPSA) is 127 Å². The molecule has 4 aromatic rings. The van der Waals surface area contributed by atoms with Crippen molar-refractivity contribution < 1.29 is 13.2 Å². The van der Waals surface area contributed by atoms with E-state index in [-0.39, 0.29) is 48.5 Å². The van der Waals surface area contributed by atoms with Crippen molar-refractivity contribution in [3.63, 3.8) is 0 Å². The predicted molar refractivity (Wildman–Crippen MR) is 111 cm³/mol. The number of hydrogen-bond donors (Lipinski definition) is 2. The molecule has 14 heteroatoms. The third-order valence-corrected chi connectivity index (χ3v) is 5.50. The van der Waals surface area contributed by atoms with Crippen LogP contribution in [-0.2, 0) is 19.5 Å². The Kier molecular flexibility index (Phi) is 6.31. The van der Waals surface area contributed by atoms with Crippen molar-refractivity contribution >= 4 is 22.8 Å². The van der Waals surface area contributed by atoms with Gasteiger partial charge in [-0.2, -0.15) is 4.80 Å². The molecule has 33 heavy (non-hydrogen) atoms. The predicted octanol–water partition coefficient (Wildman–Crippen LogP) is 2.19. The zero-order valence-corrected chi connectivity index (χ0v) is 18.0. The highest BCUT2D eigenvalue weighted by atomic mass is 35.5. The molecule has 0 aliphatic heterocycles. The number of halogens is 4. The lowest BCUT2D eigenvalue weighted by Crippen LogP contribution is -2.35. The van der Waals surface area contributed by atoms with Gasteiger partial charge in [0.2, 0.25) is 0 Å². The summed E-state index contributed by atoms with van der Waals surface area (Å²) in [6.45, 7) is 2.09. The molecule has 0 radical (unpaired) electrons. The zero-order chi connectivity index (χ0) is 23.7. The van der Waals surface area contributed by atoms with Gasteiger partial charge in [-0.1, -0.05) is 6.92 Å². The standard InChI is InChI=1S/C19H18ClF3N8O2/c1-2-11(20)16-24-15-17(25-16)26-19(33)30(18(15)32)4-3-5-31-28-14(27-29-31)8-10-12(22)6-9(21)7-13(10)23/h6-7,11H,2-5,8H2,1H3,(H,24,25)(H,26,33). The molecule has 0 amide bonds. The Labute approximate surface area is 188 Å². The number of nitrogens with one attached hydrogen (secondary N) is 2. The minimum absolute atomic E-state index is 0.0346. The molecule has 0 aliphatic rings. The molecule has 0 bridgehead atoms. The van der Waals surface area contributed by atoms with Gasteiger partial charge < -0.3 is 4.98 Å². The van der Waals surface area contributed by atoms with Gasteiger partial charge in [0.25, 0.3) is 5.56 Å². The van der Waals surface area contributed by atoms with Gasteiger partial charge in [-0.25, -0.2) is 22.9 Å².